The first kappa shape index (κ1) is 13.7. The Morgan fingerprint density at radius 1 is 1.42 bits per heavy atom. The van der Waals surface area contributed by atoms with E-state index in [-0.39, 0.29) is 5.91 Å². The number of hydrogen-bond donors (Lipinski definition) is 1. The van der Waals surface area contributed by atoms with Crippen molar-refractivity contribution >= 4 is 17.3 Å². The van der Waals surface area contributed by atoms with E-state index in [4.69, 9.17) is 5.73 Å². The van der Waals surface area contributed by atoms with E-state index in [9.17, 15) is 4.79 Å². The Kier molecular flexibility index (Phi) is 3.98. The largest absolute Gasteiger partial charge is 0.399 e. The van der Waals surface area contributed by atoms with Crippen LogP contribution in [-0.4, -0.2) is 38.0 Å². The Morgan fingerprint density at radius 3 is 2.79 bits per heavy atom. The molecule has 0 aromatic heterocycles. The van der Waals surface area contributed by atoms with Crippen molar-refractivity contribution in [3.8, 4) is 0 Å². The van der Waals surface area contributed by atoms with Crippen molar-refractivity contribution in [1.29, 1.82) is 0 Å². The molecule has 104 valence electrons. The summed E-state index contributed by atoms with van der Waals surface area (Å²) in [6.07, 6.45) is 2.30. The number of benzene rings is 1. The van der Waals surface area contributed by atoms with Crippen LogP contribution in [0.5, 0.6) is 0 Å². The number of carbonyl (C=O) groups excluding carboxylic acids is 1. The monoisotopic (exact) mass is 261 g/mol. The fourth-order valence-corrected chi connectivity index (χ4v) is 2.66. The highest BCUT2D eigenvalue weighted by molar-refractivity contribution is 6.00. The summed E-state index contributed by atoms with van der Waals surface area (Å²) in [5.41, 5.74) is 8.11. The van der Waals surface area contributed by atoms with Gasteiger partial charge in [-0.1, -0.05) is 6.92 Å². The molecule has 1 aromatic rings. The van der Waals surface area contributed by atoms with Crippen LogP contribution in [0.25, 0.3) is 0 Å². The van der Waals surface area contributed by atoms with Gasteiger partial charge < -0.3 is 15.5 Å². The summed E-state index contributed by atoms with van der Waals surface area (Å²) in [5.74, 6) is 0.684. The van der Waals surface area contributed by atoms with Gasteiger partial charge in [-0.2, -0.15) is 0 Å². The highest BCUT2D eigenvalue weighted by atomic mass is 16.2. The molecule has 19 heavy (non-hydrogen) atoms. The lowest BCUT2D eigenvalue weighted by molar-refractivity contribution is 0.0684. The van der Waals surface area contributed by atoms with E-state index in [1.54, 1.807) is 6.07 Å². The van der Waals surface area contributed by atoms with E-state index in [1.807, 2.05) is 36.0 Å². The zero-order valence-electron chi connectivity index (χ0n) is 12.0. The molecule has 1 fully saturated rings. The molecule has 1 aliphatic heterocycles. The van der Waals surface area contributed by atoms with Gasteiger partial charge >= 0.3 is 0 Å². The summed E-state index contributed by atoms with van der Waals surface area (Å²) in [6, 6.07) is 5.54. The number of carbonyl (C=O) groups is 1. The van der Waals surface area contributed by atoms with Crippen LogP contribution in [0.15, 0.2) is 18.2 Å². The first-order chi connectivity index (χ1) is 8.99. The van der Waals surface area contributed by atoms with E-state index in [0.717, 1.165) is 25.2 Å². The average Bonchev–Trinajstić information content (AvgIpc) is 2.37. The summed E-state index contributed by atoms with van der Waals surface area (Å²) in [7, 11) is 3.89. The van der Waals surface area contributed by atoms with Gasteiger partial charge in [-0.3, -0.25) is 4.79 Å². The first-order valence-electron chi connectivity index (χ1n) is 6.85. The van der Waals surface area contributed by atoms with E-state index >= 15 is 0 Å². The van der Waals surface area contributed by atoms with Crippen molar-refractivity contribution in [2.45, 2.75) is 19.8 Å². The average molecular weight is 261 g/mol. The van der Waals surface area contributed by atoms with E-state index in [1.165, 1.54) is 6.42 Å². The van der Waals surface area contributed by atoms with Gasteiger partial charge in [0.1, 0.15) is 0 Å². The number of nitrogen functional groups attached to an aromatic ring is 1. The second kappa shape index (κ2) is 5.51. The van der Waals surface area contributed by atoms with Gasteiger partial charge in [0.2, 0.25) is 0 Å². The summed E-state index contributed by atoms with van der Waals surface area (Å²) < 4.78 is 0. The molecule has 1 heterocycles. The van der Waals surface area contributed by atoms with Gasteiger partial charge in [-0.25, -0.2) is 0 Å². The maximum absolute atomic E-state index is 12.7. The van der Waals surface area contributed by atoms with E-state index in [0.29, 0.717) is 17.2 Å². The fourth-order valence-electron chi connectivity index (χ4n) is 2.66. The Hall–Kier alpha value is -1.71. The zero-order valence-corrected chi connectivity index (χ0v) is 12.0. The molecular weight excluding hydrogens is 238 g/mol. The van der Waals surface area contributed by atoms with Gasteiger partial charge in [-0.15, -0.1) is 0 Å². The number of amides is 1. The van der Waals surface area contributed by atoms with Crippen molar-refractivity contribution in [1.82, 2.24) is 4.90 Å². The summed E-state index contributed by atoms with van der Waals surface area (Å²) in [4.78, 5) is 16.6. The minimum Gasteiger partial charge on any atom is -0.399 e. The second-order valence-corrected chi connectivity index (χ2v) is 5.67. The summed E-state index contributed by atoms with van der Waals surface area (Å²) in [6.45, 7) is 3.90. The molecule has 1 aromatic carbocycles. The highest BCUT2D eigenvalue weighted by Crippen LogP contribution is 2.25. The summed E-state index contributed by atoms with van der Waals surface area (Å²) in [5, 5.41) is 0. The zero-order chi connectivity index (χ0) is 14.0. The lowest BCUT2D eigenvalue weighted by atomic mass is 9.99. The quantitative estimate of drug-likeness (QED) is 0.830. The minimum absolute atomic E-state index is 0.0996. The van der Waals surface area contributed by atoms with Gasteiger partial charge in [0.15, 0.2) is 0 Å². The van der Waals surface area contributed by atoms with Crippen LogP contribution in [0.4, 0.5) is 11.4 Å². The molecule has 1 amide bonds. The van der Waals surface area contributed by atoms with Crippen molar-refractivity contribution < 1.29 is 4.79 Å². The van der Waals surface area contributed by atoms with Crippen LogP contribution in [-0.2, 0) is 0 Å². The Balaban J connectivity index is 2.29. The number of anilines is 2. The van der Waals surface area contributed by atoms with Crippen LogP contribution >= 0.6 is 0 Å². The van der Waals surface area contributed by atoms with E-state index in [2.05, 4.69) is 6.92 Å². The molecule has 1 aliphatic rings. The van der Waals surface area contributed by atoms with Crippen LogP contribution in [0.3, 0.4) is 0 Å². The molecule has 4 heteroatoms. The lowest BCUT2D eigenvalue weighted by Gasteiger charge is -2.32. The predicted molar refractivity (Wildman–Crippen MR) is 79.5 cm³/mol. The second-order valence-electron chi connectivity index (χ2n) is 5.67. The smallest absolute Gasteiger partial charge is 0.256 e. The van der Waals surface area contributed by atoms with Crippen LogP contribution in [0.1, 0.15) is 30.1 Å². The molecule has 0 bridgehead atoms. The summed E-state index contributed by atoms with van der Waals surface area (Å²) >= 11 is 0. The molecule has 4 nitrogen and oxygen atoms in total. The number of nitrogens with zero attached hydrogens (tertiary/aromatic N) is 2. The van der Waals surface area contributed by atoms with Gasteiger partial charge in [0.05, 0.1) is 5.56 Å². The first-order valence-corrected chi connectivity index (χ1v) is 6.85. The third-order valence-corrected chi connectivity index (χ3v) is 3.68. The third-order valence-electron chi connectivity index (χ3n) is 3.68. The predicted octanol–water partition coefficient (Wildman–Crippen LogP) is 2.21. The Labute approximate surface area is 115 Å². The molecule has 1 atom stereocenters. The maximum atomic E-state index is 12.7. The van der Waals surface area contributed by atoms with Gasteiger partial charge in [0, 0.05) is 38.6 Å². The molecule has 2 rings (SSSR count). The van der Waals surface area contributed by atoms with Crippen LogP contribution in [0.2, 0.25) is 0 Å². The number of hydrogen-bond acceptors (Lipinski definition) is 3. The van der Waals surface area contributed by atoms with Crippen molar-refractivity contribution in [2.24, 2.45) is 5.92 Å². The standard InChI is InChI=1S/C15H23N3O/c1-11-5-4-8-18(10-11)15(19)13-9-12(16)6-7-14(13)17(2)3/h6-7,9,11H,4-5,8,10,16H2,1-3H3. The van der Waals surface area contributed by atoms with Gasteiger partial charge in [-0.05, 0) is 37.0 Å². The molecular formula is C15H23N3O. The van der Waals surface area contributed by atoms with Crippen molar-refractivity contribution in [3.63, 3.8) is 0 Å². The van der Waals surface area contributed by atoms with Crippen LogP contribution in [0, 0.1) is 5.92 Å². The fraction of sp³-hybridized carbons (Fsp3) is 0.533. The van der Waals surface area contributed by atoms with Crippen molar-refractivity contribution in [2.75, 3.05) is 37.8 Å². The van der Waals surface area contributed by atoms with E-state index < -0.39 is 0 Å². The molecule has 0 spiro atoms. The lowest BCUT2D eigenvalue weighted by Crippen LogP contribution is -2.39. The van der Waals surface area contributed by atoms with Gasteiger partial charge in [0.25, 0.3) is 5.91 Å². The Morgan fingerprint density at radius 2 is 2.16 bits per heavy atom. The van der Waals surface area contributed by atoms with Crippen LogP contribution < -0.4 is 10.6 Å². The van der Waals surface area contributed by atoms with Crippen molar-refractivity contribution in [3.05, 3.63) is 23.8 Å². The normalized spacial score (nSPS) is 19.3. The minimum atomic E-state index is 0.0996. The third kappa shape index (κ3) is 3.00. The molecule has 2 N–H and O–H groups in total. The number of nitrogens with two attached hydrogens (primary N) is 1. The highest BCUT2D eigenvalue weighted by Gasteiger charge is 2.24. The molecule has 0 aliphatic carbocycles. The SMILES string of the molecule is CC1CCCN(C(=O)c2cc(N)ccc2N(C)C)C1. The maximum Gasteiger partial charge on any atom is 0.256 e. The number of rotatable bonds is 2. The number of piperidine rings is 1. The topological polar surface area (TPSA) is 49.6 Å². The molecule has 0 saturated carbocycles. The molecule has 1 unspecified atom stereocenters. The molecule has 0 radical (unpaired) electrons. The number of likely N-dealkylation sites (tertiary alicyclic amines) is 1. The molecule has 1 saturated heterocycles. The Bertz CT molecular complexity index is 470.